The maximum Gasteiger partial charge on any atom is 0.322 e. The summed E-state index contributed by atoms with van der Waals surface area (Å²) in [5.74, 6) is -1.07. The minimum Gasteiger partial charge on any atom is -0.403 e. The summed E-state index contributed by atoms with van der Waals surface area (Å²) in [6.45, 7) is 0. The van der Waals surface area contributed by atoms with Crippen LogP contribution in [0.4, 0.5) is 10.4 Å². The number of nitrogens with zero attached hydrogens (tertiary/aromatic N) is 4. The fourth-order valence-electron chi connectivity index (χ4n) is 1.59. The van der Waals surface area contributed by atoms with Gasteiger partial charge < -0.3 is 4.42 Å². The summed E-state index contributed by atoms with van der Waals surface area (Å²) < 4.78 is 18.8. The maximum atomic E-state index is 13.6. The van der Waals surface area contributed by atoms with Crippen LogP contribution >= 0.6 is 0 Å². The van der Waals surface area contributed by atoms with Crippen molar-refractivity contribution in [2.24, 2.45) is 0 Å². The molecule has 0 unspecified atom stereocenters. The fourth-order valence-corrected chi connectivity index (χ4v) is 1.59. The van der Waals surface area contributed by atoms with E-state index >= 15 is 0 Å². The van der Waals surface area contributed by atoms with Crippen LogP contribution in [-0.4, -0.2) is 26.1 Å². The lowest BCUT2D eigenvalue weighted by Gasteiger charge is -1.98. The number of amides is 1. The molecular weight excluding hydrogens is 277 g/mol. The number of carbonyl (C=O) groups is 1. The van der Waals surface area contributed by atoms with Gasteiger partial charge in [0, 0.05) is 12.4 Å². The number of carbonyl (C=O) groups excluding carboxylic acids is 1. The zero-order chi connectivity index (χ0) is 14.7. The Bertz CT molecular complexity index is 775. The SMILES string of the molecule is O=C(Nc1nnc(-c2ccccc2F)o1)c1cnccn1. The molecule has 0 atom stereocenters. The van der Waals surface area contributed by atoms with Crippen molar-refractivity contribution >= 4 is 11.9 Å². The van der Waals surface area contributed by atoms with Crippen LogP contribution in [-0.2, 0) is 0 Å². The summed E-state index contributed by atoms with van der Waals surface area (Å²) in [6.07, 6.45) is 4.12. The van der Waals surface area contributed by atoms with Gasteiger partial charge in [-0.15, -0.1) is 5.10 Å². The zero-order valence-corrected chi connectivity index (χ0v) is 10.5. The van der Waals surface area contributed by atoms with Crippen molar-refractivity contribution in [3.05, 3.63) is 54.4 Å². The predicted octanol–water partition coefficient (Wildman–Crippen LogP) is 1.92. The van der Waals surface area contributed by atoms with Gasteiger partial charge in [-0.2, -0.15) is 0 Å². The van der Waals surface area contributed by atoms with E-state index in [9.17, 15) is 9.18 Å². The van der Waals surface area contributed by atoms with Crippen LogP contribution in [0, 0.1) is 5.82 Å². The Hall–Kier alpha value is -3.16. The standard InChI is InChI=1S/C13H8FN5O2/c14-9-4-2-1-3-8(9)12-18-19-13(21-12)17-11(20)10-7-15-5-6-16-10/h1-7H,(H,17,19,20). The van der Waals surface area contributed by atoms with Crippen LogP contribution in [0.5, 0.6) is 0 Å². The monoisotopic (exact) mass is 285 g/mol. The summed E-state index contributed by atoms with van der Waals surface area (Å²) >= 11 is 0. The van der Waals surface area contributed by atoms with Gasteiger partial charge in [0.25, 0.3) is 11.8 Å². The van der Waals surface area contributed by atoms with Crippen LogP contribution in [0.15, 0.2) is 47.3 Å². The minimum atomic E-state index is -0.549. The molecule has 0 radical (unpaired) electrons. The number of halogens is 1. The molecule has 1 amide bonds. The topological polar surface area (TPSA) is 93.8 Å². The van der Waals surface area contributed by atoms with Crippen molar-refractivity contribution in [2.75, 3.05) is 5.32 Å². The number of benzene rings is 1. The molecule has 7 nitrogen and oxygen atoms in total. The first-order valence-electron chi connectivity index (χ1n) is 5.90. The molecule has 3 aromatic rings. The van der Waals surface area contributed by atoms with Crippen molar-refractivity contribution in [1.82, 2.24) is 20.2 Å². The molecule has 2 aromatic heterocycles. The molecule has 0 aliphatic rings. The second-order valence-corrected chi connectivity index (χ2v) is 3.94. The van der Waals surface area contributed by atoms with Crippen molar-refractivity contribution < 1.29 is 13.6 Å². The number of nitrogens with one attached hydrogen (secondary N) is 1. The van der Waals surface area contributed by atoms with E-state index in [0.29, 0.717) is 0 Å². The Morgan fingerprint density at radius 3 is 2.81 bits per heavy atom. The molecule has 21 heavy (non-hydrogen) atoms. The zero-order valence-electron chi connectivity index (χ0n) is 10.5. The number of rotatable bonds is 3. The second kappa shape index (κ2) is 5.45. The van der Waals surface area contributed by atoms with Crippen LogP contribution in [0.3, 0.4) is 0 Å². The highest BCUT2D eigenvalue weighted by Gasteiger charge is 2.15. The Morgan fingerprint density at radius 1 is 1.19 bits per heavy atom. The normalized spacial score (nSPS) is 10.3. The highest BCUT2D eigenvalue weighted by Crippen LogP contribution is 2.22. The van der Waals surface area contributed by atoms with Crippen molar-refractivity contribution in [1.29, 1.82) is 0 Å². The summed E-state index contributed by atoms with van der Waals surface area (Å²) in [4.78, 5) is 19.4. The summed E-state index contributed by atoms with van der Waals surface area (Å²) in [5.41, 5.74) is 0.258. The van der Waals surface area contributed by atoms with E-state index < -0.39 is 11.7 Å². The maximum absolute atomic E-state index is 13.6. The van der Waals surface area contributed by atoms with E-state index in [4.69, 9.17) is 4.42 Å². The first kappa shape index (κ1) is 12.9. The molecule has 0 saturated carbocycles. The lowest BCUT2D eigenvalue weighted by molar-refractivity contribution is 0.101. The first-order chi connectivity index (χ1) is 10.2. The minimum absolute atomic E-state index is 0.0254. The predicted molar refractivity (Wildman–Crippen MR) is 69.7 cm³/mol. The van der Waals surface area contributed by atoms with Gasteiger partial charge in [0.05, 0.1) is 11.8 Å². The Labute approximate surface area is 117 Å². The molecule has 0 spiro atoms. The highest BCUT2D eigenvalue weighted by atomic mass is 19.1. The largest absolute Gasteiger partial charge is 0.403 e. The third-order valence-corrected chi connectivity index (χ3v) is 2.55. The number of anilines is 1. The molecular formula is C13H8FN5O2. The molecule has 2 heterocycles. The third kappa shape index (κ3) is 2.73. The smallest absolute Gasteiger partial charge is 0.322 e. The Balaban J connectivity index is 1.80. The summed E-state index contributed by atoms with van der Waals surface area (Å²) in [6, 6.07) is 5.81. The van der Waals surface area contributed by atoms with Gasteiger partial charge in [0.15, 0.2) is 0 Å². The molecule has 8 heteroatoms. The lowest BCUT2D eigenvalue weighted by atomic mass is 10.2. The first-order valence-corrected chi connectivity index (χ1v) is 5.90. The summed E-state index contributed by atoms with van der Waals surface area (Å²) in [7, 11) is 0. The van der Waals surface area contributed by atoms with E-state index in [1.165, 1.54) is 30.7 Å². The van der Waals surface area contributed by atoms with Crippen LogP contribution in [0.25, 0.3) is 11.5 Å². The van der Waals surface area contributed by atoms with E-state index in [-0.39, 0.29) is 23.2 Å². The average molecular weight is 285 g/mol. The van der Waals surface area contributed by atoms with Gasteiger partial charge in [-0.3, -0.25) is 15.1 Å². The van der Waals surface area contributed by atoms with E-state index in [0.717, 1.165) is 0 Å². The van der Waals surface area contributed by atoms with Gasteiger partial charge in [-0.05, 0) is 12.1 Å². The van der Waals surface area contributed by atoms with Crippen LogP contribution < -0.4 is 5.32 Å². The van der Waals surface area contributed by atoms with Crippen LogP contribution in [0.1, 0.15) is 10.5 Å². The van der Waals surface area contributed by atoms with Crippen molar-refractivity contribution in [3.63, 3.8) is 0 Å². The molecule has 0 aliphatic heterocycles. The second-order valence-electron chi connectivity index (χ2n) is 3.94. The molecule has 0 fully saturated rings. The quantitative estimate of drug-likeness (QED) is 0.790. The van der Waals surface area contributed by atoms with Gasteiger partial charge in [-0.1, -0.05) is 17.2 Å². The summed E-state index contributed by atoms with van der Waals surface area (Å²) in [5, 5.41) is 9.69. The van der Waals surface area contributed by atoms with Crippen molar-refractivity contribution in [3.8, 4) is 11.5 Å². The lowest BCUT2D eigenvalue weighted by Crippen LogP contribution is -2.13. The molecule has 0 saturated heterocycles. The van der Waals surface area contributed by atoms with Gasteiger partial charge in [0.2, 0.25) is 0 Å². The van der Waals surface area contributed by atoms with Gasteiger partial charge in [-0.25, -0.2) is 9.37 Å². The molecule has 1 N–H and O–H groups in total. The molecule has 1 aromatic carbocycles. The number of hydrogen-bond acceptors (Lipinski definition) is 6. The fraction of sp³-hybridized carbons (Fsp3) is 0. The van der Waals surface area contributed by atoms with Crippen LogP contribution in [0.2, 0.25) is 0 Å². The Kier molecular flexibility index (Phi) is 3.34. The number of aromatic nitrogens is 4. The van der Waals surface area contributed by atoms with Crippen molar-refractivity contribution in [2.45, 2.75) is 0 Å². The molecule has 0 aliphatic carbocycles. The molecule has 3 rings (SSSR count). The third-order valence-electron chi connectivity index (χ3n) is 2.55. The number of hydrogen-bond donors (Lipinski definition) is 1. The molecule has 104 valence electrons. The Morgan fingerprint density at radius 2 is 2.05 bits per heavy atom. The van der Waals surface area contributed by atoms with Gasteiger partial charge in [0.1, 0.15) is 11.5 Å². The van der Waals surface area contributed by atoms with E-state index in [1.807, 2.05) is 0 Å². The average Bonchev–Trinajstić information content (AvgIpc) is 2.97. The van der Waals surface area contributed by atoms with E-state index in [2.05, 4.69) is 25.5 Å². The van der Waals surface area contributed by atoms with Gasteiger partial charge >= 0.3 is 6.01 Å². The highest BCUT2D eigenvalue weighted by molar-refractivity contribution is 6.01. The van der Waals surface area contributed by atoms with E-state index in [1.54, 1.807) is 12.1 Å². The molecule has 0 bridgehead atoms.